The van der Waals surface area contributed by atoms with Crippen LogP contribution in [0.1, 0.15) is 16.1 Å². The summed E-state index contributed by atoms with van der Waals surface area (Å²) in [7, 11) is 0. The zero-order valence-corrected chi connectivity index (χ0v) is 11.9. The SMILES string of the molecule is O=C(O)c1ccc(N=Cc2nc(-c3ccccc3)oc2O)cc1. The van der Waals surface area contributed by atoms with Gasteiger partial charge in [-0.3, -0.25) is 4.99 Å². The van der Waals surface area contributed by atoms with Crippen molar-refractivity contribution in [3.63, 3.8) is 0 Å². The van der Waals surface area contributed by atoms with Crippen LogP contribution in [0.5, 0.6) is 5.95 Å². The summed E-state index contributed by atoms with van der Waals surface area (Å²) in [5.41, 5.74) is 1.66. The summed E-state index contributed by atoms with van der Waals surface area (Å²) in [5, 5.41) is 18.6. The van der Waals surface area contributed by atoms with Gasteiger partial charge in [-0.15, -0.1) is 0 Å². The minimum absolute atomic E-state index is 0.180. The van der Waals surface area contributed by atoms with E-state index in [1.807, 2.05) is 30.3 Å². The van der Waals surface area contributed by atoms with Gasteiger partial charge in [0.05, 0.1) is 17.5 Å². The third-order valence-electron chi connectivity index (χ3n) is 3.11. The number of carboxylic acid groups (broad SMARTS) is 1. The molecular formula is C17H12N2O4. The van der Waals surface area contributed by atoms with Crippen molar-refractivity contribution in [3.8, 4) is 17.4 Å². The van der Waals surface area contributed by atoms with E-state index < -0.39 is 5.97 Å². The number of nitrogens with zero attached hydrogens (tertiary/aromatic N) is 2. The molecule has 0 saturated carbocycles. The van der Waals surface area contributed by atoms with Crippen molar-refractivity contribution >= 4 is 17.9 Å². The van der Waals surface area contributed by atoms with Gasteiger partial charge in [-0.2, -0.15) is 0 Å². The highest BCUT2D eigenvalue weighted by Gasteiger charge is 2.11. The Morgan fingerprint density at radius 1 is 1.09 bits per heavy atom. The van der Waals surface area contributed by atoms with Gasteiger partial charge < -0.3 is 14.6 Å². The molecule has 2 N–H and O–H groups in total. The maximum absolute atomic E-state index is 10.8. The molecule has 0 fully saturated rings. The number of rotatable bonds is 4. The standard InChI is InChI=1S/C17H12N2O4/c20-16(21)12-6-8-13(9-7-12)18-10-14-17(22)23-15(19-14)11-4-2-1-3-5-11/h1-10,22H,(H,20,21). The Morgan fingerprint density at radius 3 is 2.43 bits per heavy atom. The first-order valence-electron chi connectivity index (χ1n) is 6.76. The number of hydrogen-bond donors (Lipinski definition) is 2. The fourth-order valence-corrected chi connectivity index (χ4v) is 1.94. The van der Waals surface area contributed by atoms with E-state index >= 15 is 0 Å². The molecule has 0 aliphatic rings. The lowest BCUT2D eigenvalue weighted by molar-refractivity contribution is 0.0697. The first-order chi connectivity index (χ1) is 11.1. The maximum atomic E-state index is 10.8. The number of benzene rings is 2. The topological polar surface area (TPSA) is 95.9 Å². The molecule has 0 amide bonds. The van der Waals surface area contributed by atoms with Gasteiger partial charge in [0.2, 0.25) is 5.89 Å². The minimum atomic E-state index is -0.998. The highest BCUT2D eigenvalue weighted by molar-refractivity contribution is 5.88. The van der Waals surface area contributed by atoms with Crippen LogP contribution in [0.2, 0.25) is 0 Å². The number of hydrogen-bond acceptors (Lipinski definition) is 5. The molecule has 6 heteroatoms. The van der Waals surface area contributed by atoms with E-state index in [4.69, 9.17) is 9.52 Å². The highest BCUT2D eigenvalue weighted by Crippen LogP contribution is 2.25. The van der Waals surface area contributed by atoms with E-state index in [-0.39, 0.29) is 17.2 Å². The summed E-state index contributed by atoms with van der Waals surface area (Å²) in [6, 6.07) is 15.2. The average molecular weight is 308 g/mol. The van der Waals surface area contributed by atoms with Gasteiger partial charge in [0, 0.05) is 5.56 Å². The molecule has 0 aliphatic carbocycles. The van der Waals surface area contributed by atoms with Gasteiger partial charge in [0.25, 0.3) is 0 Å². The van der Waals surface area contributed by atoms with E-state index in [0.29, 0.717) is 11.6 Å². The van der Waals surface area contributed by atoms with Crippen molar-refractivity contribution in [3.05, 3.63) is 65.9 Å². The van der Waals surface area contributed by atoms with E-state index in [9.17, 15) is 9.90 Å². The van der Waals surface area contributed by atoms with Gasteiger partial charge in [-0.1, -0.05) is 18.2 Å². The quantitative estimate of drug-likeness (QED) is 0.719. The Morgan fingerprint density at radius 2 is 1.78 bits per heavy atom. The van der Waals surface area contributed by atoms with Crippen LogP contribution in [0.3, 0.4) is 0 Å². The molecule has 3 rings (SSSR count). The third kappa shape index (κ3) is 3.26. The first-order valence-corrected chi connectivity index (χ1v) is 6.76. The fraction of sp³-hybridized carbons (Fsp3) is 0. The predicted molar refractivity (Wildman–Crippen MR) is 84.3 cm³/mol. The highest BCUT2D eigenvalue weighted by atomic mass is 16.5. The molecule has 2 aromatic carbocycles. The van der Waals surface area contributed by atoms with Crippen LogP contribution in [0.4, 0.5) is 5.69 Å². The summed E-state index contributed by atoms with van der Waals surface area (Å²) < 4.78 is 5.22. The zero-order valence-electron chi connectivity index (χ0n) is 11.9. The summed E-state index contributed by atoms with van der Waals surface area (Å²) in [6.45, 7) is 0. The van der Waals surface area contributed by atoms with Gasteiger partial charge in [0.15, 0.2) is 5.69 Å². The molecule has 0 radical (unpaired) electrons. The molecule has 1 aromatic heterocycles. The third-order valence-corrected chi connectivity index (χ3v) is 3.11. The van der Waals surface area contributed by atoms with Crippen LogP contribution >= 0.6 is 0 Å². The van der Waals surface area contributed by atoms with Gasteiger partial charge in [0.1, 0.15) is 0 Å². The number of aromatic hydroxyl groups is 1. The molecule has 0 saturated heterocycles. The van der Waals surface area contributed by atoms with Gasteiger partial charge in [-0.25, -0.2) is 9.78 Å². The molecule has 1 heterocycles. The molecule has 0 spiro atoms. The number of carboxylic acids is 1. The molecule has 6 nitrogen and oxygen atoms in total. The number of aromatic nitrogens is 1. The first kappa shape index (κ1) is 14.5. The van der Waals surface area contributed by atoms with Gasteiger partial charge in [-0.05, 0) is 36.4 Å². The van der Waals surface area contributed by atoms with E-state index in [1.54, 1.807) is 12.1 Å². The number of oxazole rings is 1. The number of carbonyl (C=O) groups is 1. The lowest BCUT2D eigenvalue weighted by Crippen LogP contribution is -1.94. The van der Waals surface area contributed by atoms with E-state index in [1.165, 1.54) is 18.3 Å². The Kier molecular flexibility index (Phi) is 3.88. The van der Waals surface area contributed by atoms with E-state index in [0.717, 1.165) is 5.56 Å². The summed E-state index contributed by atoms with van der Waals surface area (Å²) in [4.78, 5) is 19.1. The van der Waals surface area contributed by atoms with Crippen LogP contribution in [0.15, 0.2) is 64.0 Å². The molecule has 0 aliphatic heterocycles. The van der Waals surface area contributed by atoms with Crippen LogP contribution in [0, 0.1) is 0 Å². The summed E-state index contributed by atoms with van der Waals surface area (Å²) >= 11 is 0. The second-order valence-electron chi connectivity index (χ2n) is 4.69. The van der Waals surface area contributed by atoms with Crippen molar-refractivity contribution in [2.75, 3.05) is 0 Å². The fourth-order valence-electron chi connectivity index (χ4n) is 1.94. The number of aliphatic imine (C=N–C) groups is 1. The normalized spacial score (nSPS) is 11.0. The molecule has 0 atom stereocenters. The minimum Gasteiger partial charge on any atom is -0.479 e. The van der Waals surface area contributed by atoms with Crippen molar-refractivity contribution < 1.29 is 19.4 Å². The Labute approximate surface area is 131 Å². The van der Waals surface area contributed by atoms with Crippen molar-refractivity contribution in [1.29, 1.82) is 0 Å². The van der Waals surface area contributed by atoms with Crippen molar-refractivity contribution in [2.45, 2.75) is 0 Å². The lowest BCUT2D eigenvalue weighted by atomic mass is 10.2. The molecule has 0 unspecified atom stereocenters. The average Bonchev–Trinajstić information content (AvgIpc) is 2.95. The zero-order chi connectivity index (χ0) is 16.2. The van der Waals surface area contributed by atoms with Crippen molar-refractivity contribution in [2.24, 2.45) is 4.99 Å². The monoisotopic (exact) mass is 308 g/mol. The Hall–Kier alpha value is -3.41. The second-order valence-corrected chi connectivity index (χ2v) is 4.69. The molecular weight excluding hydrogens is 296 g/mol. The summed E-state index contributed by atoms with van der Waals surface area (Å²) in [6.07, 6.45) is 1.36. The molecule has 0 bridgehead atoms. The van der Waals surface area contributed by atoms with E-state index in [2.05, 4.69) is 9.98 Å². The van der Waals surface area contributed by atoms with Crippen molar-refractivity contribution in [1.82, 2.24) is 4.98 Å². The van der Waals surface area contributed by atoms with Crippen LogP contribution in [-0.2, 0) is 0 Å². The summed E-state index contributed by atoms with van der Waals surface area (Å²) in [5.74, 6) is -1.03. The largest absolute Gasteiger partial charge is 0.479 e. The van der Waals surface area contributed by atoms with Crippen LogP contribution < -0.4 is 0 Å². The Balaban J connectivity index is 1.82. The molecule has 3 aromatic rings. The van der Waals surface area contributed by atoms with Crippen LogP contribution in [0.25, 0.3) is 11.5 Å². The molecule has 23 heavy (non-hydrogen) atoms. The maximum Gasteiger partial charge on any atom is 0.335 e. The van der Waals surface area contributed by atoms with Crippen LogP contribution in [-0.4, -0.2) is 27.4 Å². The second kappa shape index (κ2) is 6.15. The number of aromatic carboxylic acids is 1. The predicted octanol–water partition coefficient (Wildman–Crippen LogP) is 3.50. The molecule has 114 valence electrons. The van der Waals surface area contributed by atoms with Gasteiger partial charge >= 0.3 is 11.9 Å². The smallest absolute Gasteiger partial charge is 0.335 e. The Bertz CT molecular complexity index is 852. The lowest BCUT2D eigenvalue weighted by Gasteiger charge is -1.95.